The van der Waals surface area contributed by atoms with Crippen molar-refractivity contribution in [1.82, 2.24) is 10.3 Å². The van der Waals surface area contributed by atoms with Crippen LogP contribution in [0.3, 0.4) is 0 Å². The van der Waals surface area contributed by atoms with Gasteiger partial charge < -0.3 is 19.5 Å². The van der Waals surface area contributed by atoms with Gasteiger partial charge in [-0.1, -0.05) is 12.1 Å². The Kier molecular flexibility index (Phi) is 7.00. The van der Waals surface area contributed by atoms with Crippen LogP contribution in [0.1, 0.15) is 11.1 Å². The number of carbonyl (C=O) groups excluding carboxylic acids is 1. The molecule has 0 unspecified atom stereocenters. The number of hydrogen-bond acceptors (Lipinski definition) is 5. The summed E-state index contributed by atoms with van der Waals surface area (Å²) in [5.41, 5.74) is 1.84. The van der Waals surface area contributed by atoms with Gasteiger partial charge >= 0.3 is 0 Å². The molecule has 0 saturated carbocycles. The third kappa shape index (κ3) is 6.21. The summed E-state index contributed by atoms with van der Waals surface area (Å²) >= 11 is 0. The highest BCUT2D eigenvalue weighted by atomic mass is 19.1. The largest absolute Gasteiger partial charge is 0.493 e. The number of amides is 1. The van der Waals surface area contributed by atoms with Crippen molar-refractivity contribution in [2.75, 3.05) is 13.7 Å². The second kappa shape index (κ2) is 10.1. The molecule has 150 valence electrons. The van der Waals surface area contributed by atoms with Gasteiger partial charge in [-0.2, -0.15) is 0 Å². The highest BCUT2D eigenvalue weighted by molar-refractivity contribution is 5.77. The van der Waals surface area contributed by atoms with Crippen LogP contribution in [0.15, 0.2) is 67.0 Å². The van der Waals surface area contributed by atoms with Gasteiger partial charge in [-0.3, -0.25) is 9.78 Å². The number of nitrogens with one attached hydrogen (secondary N) is 1. The van der Waals surface area contributed by atoms with Crippen LogP contribution >= 0.6 is 0 Å². The lowest BCUT2D eigenvalue weighted by Crippen LogP contribution is -2.28. The normalized spacial score (nSPS) is 10.3. The number of carbonyl (C=O) groups is 1. The van der Waals surface area contributed by atoms with Gasteiger partial charge in [-0.15, -0.1) is 0 Å². The minimum absolute atomic E-state index is 0.201. The molecule has 0 radical (unpaired) electrons. The summed E-state index contributed by atoms with van der Waals surface area (Å²) < 4.78 is 29.6. The van der Waals surface area contributed by atoms with Crippen molar-refractivity contribution in [1.29, 1.82) is 0 Å². The van der Waals surface area contributed by atoms with Crippen LogP contribution in [-0.2, 0) is 17.9 Å². The summed E-state index contributed by atoms with van der Waals surface area (Å²) in [6.07, 6.45) is 3.42. The fraction of sp³-hybridized carbons (Fsp3) is 0.182. The molecular weight excluding hydrogens is 375 g/mol. The Labute approximate surface area is 168 Å². The first-order valence-corrected chi connectivity index (χ1v) is 8.98. The second-order valence-electron chi connectivity index (χ2n) is 6.15. The maximum absolute atomic E-state index is 13.1. The van der Waals surface area contributed by atoms with E-state index in [4.69, 9.17) is 14.2 Å². The Morgan fingerprint density at radius 1 is 1.00 bits per heavy atom. The predicted molar refractivity (Wildman–Crippen MR) is 105 cm³/mol. The first-order chi connectivity index (χ1) is 14.1. The summed E-state index contributed by atoms with van der Waals surface area (Å²) in [6, 6.07) is 14.8. The van der Waals surface area contributed by atoms with Crippen LogP contribution < -0.4 is 19.5 Å². The van der Waals surface area contributed by atoms with Crippen LogP contribution in [0.5, 0.6) is 17.2 Å². The molecule has 2 aromatic carbocycles. The summed E-state index contributed by atoms with van der Waals surface area (Å²) in [5, 5.41) is 2.75. The number of ether oxygens (including phenoxy) is 3. The molecule has 3 aromatic rings. The molecule has 1 aromatic heterocycles. The molecule has 0 aliphatic heterocycles. The first-order valence-electron chi connectivity index (χ1n) is 8.98. The molecule has 1 heterocycles. The van der Waals surface area contributed by atoms with E-state index in [1.807, 2.05) is 18.2 Å². The lowest BCUT2D eigenvalue weighted by atomic mass is 10.2. The van der Waals surface area contributed by atoms with Crippen LogP contribution in [0.25, 0.3) is 0 Å². The molecule has 0 aliphatic carbocycles. The molecule has 0 fully saturated rings. The SMILES string of the molecule is COc1cc(CNC(=O)COc2cccc(F)c2)ccc1OCc1ccncc1. The molecule has 6 nitrogen and oxygen atoms in total. The lowest BCUT2D eigenvalue weighted by Gasteiger charge is -2.13. The van der Waals surface area contributed by atoms with Gasteiger partial charge in [-0.05, 0) is 47.5 Å². The van der Waals surface area contributed by atoms with Crippen molar-refractivity contribution in [2.24, 2.45) is 0 Å². The van der Waals surface area contributed by atoms with Gasteiger partial charge in [0, 0.05) is 25.0 Å². The van der Waals surface area contributed by atoms with E-state index in [1.165, 1.54) is 18.2 Å². The predicted octanol–water partition coefficient (Wildman–Crippen LogP) is 3.50. The highest BCUT2D eigenvalue weighted by Gasteiger charge is 2.08. The summed E-state index contributed by atoms with van der Waals surface area (Å²) in [5.74, 6) is 0.751. The van der Waals surface area contributed by atoms with Crippen molar-refractivity contribution in [2.45, 2.75) is 13.2 Å². The summed E-state index contributed by atoms with van der Waals surface area (Å²) in [6.45, 7) is 0.492. The Morgan fingerprint density at radius 3 is 2.59 bits per heavy atom. The molecule has 0 aliphatic rings. The van der Waals surface area contributed by atoms with E-state index in [1.54, 1.807) is 37.7 Å². The lowest BCUT2D eigenvalue weighted by molar-refractivity contribution is -0.123. The molecule has 7 heteroatoms. The monoisotopic (exact) mass is 396 g/mol. The van der Waals surface area contributed by atoms with Gasteiger partial charge in [0.25, 0.3) is 5.91 Å². The van der Waals surface area contributed by atoms with E-state index in [0.29, 0.717) is 30.4 Å². The number of benzene rings is 2. The number of methoxy groups -OCH3 is 1. The number of nitrogens with zero attached hydrogens (tertiary/aromatic N) is 1. The first kappa shape index (κ1) is 20.1. The average molecular weight is 396 g/mol. The Hall–Kier alpha value is -3.61. The summed E-state index contributed by atoms with van der Waals surface area (Å²) in [7, 11) is 1.56. The molecule has 0 saturated heterocycles. The number of pyridine rings is 1. The number of aromatic nitrogens is 1. The maximum atomic E-state index is 13.1. The van der Waals surface area contributed by atoms with Crippen LogP contribution in [0.2, 0.25) is 0 Å². The molecule has 0 spiro atoms. The third-order valence-electron chi connectivity index (χ3n) is 4.03. The quantitative estimate of drug-likeness (QED) is 0.600. The van der Waals surface area contributed by atoms with E-state index in [9.17, 15) is 9.18 Å². The van der Waals surface area contributed by atoms with E-state index >= 15 is 0 Å². The molecule has 3 rings (SSSR count). The fourth-order valence-electron chi connectivity index (χ4n) is 2.54. The molecule has 1 N–H and O–H groups in total. The maximum Gasteiger partial charge on any atom is 0.258 e. The average Bonchev–Trinajstić information content (AvgIpc) is 2.75. The second-order valence-corrected chi connectivity index (χ2v) is 6.15. The molecule has 0 bridgehead atoms. The van der Waals surface area contributed by atoms with E-state index in [0.717, 1.165) is 11.1 Å². The van der Waals surface area contributed by atoms with Crippen LogP contribution in [-0.4, -0.2) is 24.6 Å². The minimum atomic E-state index is -0.416. The Balaban J connectivity index is 1.50. The highest BCUT2D eigenvalue weighted by Crippen LogP contribution is 2.28. The molecule has 1 amide bonds. The van der Waals surface area contributed by atoms with Gasteiger partial charge in [0.1, 0.15) is 18.2 Å². The Bertz CT molecular complexity index is 951. The standard InChI is InChI=1S/C22H21FN2O4/c1-27-21-11-17(5-6-20(21)29-14-16-7-9-24-10-8-16)13-25-22(26)15-28-19-4-2-3-18(23)12-19/h2-12H,13-15H2,1H3,(H,25,26). The van der Waals surface area contributed by atoms with Crippen molar-refractivity contribution >= 4 is 5.91 Å². The van der Waals surface area contributed by atoms with Gasteiger partial charge in [0.2, 0.25) is 0 Å². The van der Waals surface area contributed by atoms with Crippen LogP contribution in [0.4, 0.5) is 4.39 Å². The molecule has 29 heavy (non-hydrogen) atoms. The molecular formula is C22H21FN2O4. The number of halogens is 1. The van der Waals surface area contributed by atoms with Gasteiger partial charge in [0.15, 0.2) is 18.1 Å². The molecule has 0 atom stereocenters. The topological polar surface area (TPSA) is 69.7 Å². The van der Waals surface area contributed by atoms with E-state index in [2.05, 4.69) is 10.3 Å². The van der Waals surface area contributed by atoms with Gasteiger partial charge in [-0.25, -0.2) is 4.39 Å². The van der Waals surface area contributed by atoms with Crippen molar-refractivity contribution < 1.29 is 23.4 Å². The van der Waals surface area contributed by atoms with Gasteiger partial charge in [0.05, 0.1) is 7.11 Å². The third-order valence-corrected chi connectivity index (χ3v) is 4.03. The zero-order valence-electron chi connectivity index (χ0n) is 15.9. The van der Waals surface area contributed by atoms with E-state index < -0.39 is 5.82 Å². The number of hydrogen-bond donors (Lipinski definition) is 1. The van der Waals surface area contributed by atoms with E-state index in [-0.39, 0.29) is 12.5 Å². The number of rotatable bonds is 9. The zero-order chi connectivity index (χ0) is 20.5. The summed E-state index contributed by atoms with van der Waals surface area (Å²) in [4.78, 5) is 15.9. The fourth-order valence-corrected chi connectivity index (χ4v) is 2.54. The van der Waals surface area contributed by atoms with Crippen molar-refractivity contribution in [3.63, 3.8) is 0 Å². The minimum Gasteiger partial charge on any atom is -0.493 e. The van der Waals surface area contributed by atoms with Crippen molar-refractivity contribution in [3.05, 3.63) is 83.9 Å². The smallest absolute Gasteiger partial charge is 0.258 e. The zero-order valence-corrected chi connectivity index (χ0v) is 15.9. The van der Waals surface area contributed by atoms with Crippen molar-refractivity contribution in [3.8, 4) is 17.2 Å². The van der Waals surface area contributed by atoms with Crippen LogP contribution in [0, 0.1) is 5.82 Å². The Morgan fingerprint density at radius 2 is 1.83 bits per heavy atom.